The van der Waals surface area contributed by atoms with E-state index in [2.05, 4.69) is 15.3 Å². The molecule has 0 spiro atoms. The van der Waals surface area contributed by atoms with Gasteiger partial charge in [-0.15, -0.1) is 11.3 Å². The van der Waals surface area contributed by atoms with Crippen molar-refractivity contribution in [2.24, 2.45) is 5.41 Å². The van der Waals surface area contributed by atoms with Gasteiger partial charge in [0.2, 0.25) is 5.91 Å². The Labute approximate surface area is 125 Å². The van der Waals surface area contributed by atoms with Crippen LogP contribution in [-0.2, 0) is 11.3 Å². The normalized spacial score (nSPS) is 18.1. The average Bonchev–Trinajstić information content (AvgIpc) is 2.62. The van der Waals surface area contributed by atoms with Crippen LogP contribution in [0.15, 0.2) is 5.38 Å². The highest BCUT2D eigenvalue weighted by Gasteiger charge is 2.28. The fraction of sp³-hybridized carbons (Fsp3) is 0.733. The molecular formula is C15H25N3OS. The van der Waals surface area contributed by atoms with E-state index in [1.165, 1.54) is 0 Å². The van der Waals surface area contributed by atoms with Crippen LogP contribution in [0.4, 0.5) is 0 Å². The predicted molar refractivity (Wildman–Crippen MR) is 82.8 cm³/mol. The highest BCUT2D eigenvalue weighted by atomic mass is 32.1. The SMILES string of the molecule is Cc1nc(CN2CCCN(C(=O)C(C)(C)C)CC2)cs1. The van der Waals surface area contributed by atoms with Crippen molar-refractivity contribution >= 4 is 17.2 Å². The van der Waals surface area contributed by atoms with Gasteiger partial charge in [0.05, 0.1) is 10.7 Å². The zero-order valence-electron chi connectivity index (χ0n) is 13.0. The molecular weight excluding hydrogens is 270 g/mol. The van der Waals surface area contributed by atoms with Gasteiger partial charge in [-0.3, -0.25) is 9.69 Å². The molecule has 0 atom stereocenters. The molecule has 0 aromatic carbocycles. The Hall–Kier alpha value is -0.940. The Kier molecular flexibility index (Phi) is 4.81. The molecule has 1 aromatic heterocycles. The zero-order chi connectivity index (χ0) is 14.8. The van der Waals surface area contributed by atoms with Crippen LogP contribution in [0.25, 0.3) is 0 Å². The summed E-state index contributed by atoms with van der Waals surface area (Å²) >= 11 is 1.70. The van der Waals surface area contributed by atoms with Gasteiger partial charge >= 0.3 is 0 Å². The monoisotopic (exact) mass is 295 g/mol. The highest BCUT2D eigenvalue weighted by Crippen LogP contribution is 2.19. The minimum absolute atomic E-state index is 0.267. The lowest BCUT2D eigenvalue weighted by Crippen LogP contribution is -2.41. The third-order valence-corrected chi connectivity index (χ3v) is 4.39. The maximum absolute atomic E-state index is 12.3. The van der Waals surface area contributed by atoms with Crippen molar-refractivity contribution in [2.45, 2.75) is 40.7 Å². The third-order valence-electron chi connectivity index (χ3n) is 3.57. The molecule has 0 unspecified atom stereocenters. The lowest BCUT2D eigenvalue weighted by Gasteiger charge is -2.28. The van der Waals surface area contributed by atoms with Crippen molar-refractivity contribution in [2.75, 3.05) is 26.2 Å². The topological polar surface area (TPSA) is 36.4 Å². The lowest BCUT2D eigenvalue weighted by molar-refractivity contribution is -0.139. The van der Waals surface area contributed by atoms with Crippen LogP contribution in [0.2, 0.25) is 0 Å². The number of hydrogen-bond acceptors (Lipinski definition) is 4. The third kappa shape index (κ3) is 4.03. The van der Waals surface area contributed by atoms with Crippen LogP contribution in [0.5, 0.6) is 0 Å². The predicted octanol–water partition coefficient (Wildman–Crippen LogP) is 2.53. The van der Waals surface area contributed by atoms with Gasteiger partial charge in [-0.2, -0.15) is 0 Å². The van der Waals surface area contributed by atoms with E-state index in [4.69, 9.17) is 0 Å². The van der Waals surface area contributed by atoms with Crippen LogP contribution in [0.3, 0.4) is 0 Å². The van der Waals surface area contributed by atoms with Gasteiger partial charge in [-0.1, -0.05) is 20.8 Å². The summed E-state index contributed by atoms with van der Waals surface area (Å²) in [4.78, 5) is 21.3. The Balaban J connectivity index is 1.90. The molecule has 1 aliphatic rings. The molecule has 1 saturated heterocycles. The van der Waals surface area contributed by atoms with Crippen LogP contribution < -0.4 is 0 Å². The molecule has 0 N–H and O–H groups in total. The quantitative estimate of drug-likeness (QED) is 0.841. The molecule has 2 rings (SSSR count). The second-order valence-corrected chi connectivity index (χ2v) is 7.59. The molecule has 2 heterocycles. The minimum Gasteiger partial charge on any atom is -0.341 e. The molecule has 0 saturated carbocycles. The van der Waals surface area contributed by atoms with E-state index in [0.29, 0.717) is 0 Å². The summed E-state index contributed by atoms with van der Waals surface area (Å²) in [5, 5.41) is 3.26. The van der Waals surface area contributed by atoms with Crippen molar-refractivity contribution in [3.8, 4) is 0 Å². The highest BCUT2D eigenvalue weighted by molar-refractivity contribution is 7.09. The van der Waals surface area contributed by atoms with Gasteiger partial charge in [0, 0.05) is 43.5 Å². The van der Waals surface area contributed by atoms with Crippen molar-refractivity contribution in [3.63, 3.8) is 0 Å². The van der Waals surface area contributed by atoms with Gasteiger partial charge in [0.15, 0.2) is 0 Å². The number of carbonyl (C=O) groups excluding carboxylic acids is 1. The Bertz CT molecular complexity index is 464. The first kappa shape index (κ1) is 15.4. The summed E-state index contributed by atoms with van der Waals surface area (Å²) in [6.45, 7) is 12.6. The Morgan fingerprint density at radius 1 is 1.30 bits per heavy atom. The first-order valence-electron chi connectivity index (χ1n) is 7.29. The number of carbonyl (C=O) groups is 1. The molecule has 1 aromatic rings. The Morgan fingerprint density at radius 2 is 2.05 bits per heavy atom. The second-order valence-electron chi connectivity index (χ2n) is 6.53. The number of thiazole rings is 1. The standard InChI is InChI=1S/C15H25N3OS/c1-12-16-13(11-20-12)10-17-6-5-7-18(9-8-17)14(19)15(2,3)4/h11H,5-10H2,1-4H3. The molecule has 20 heavy (non-hydrogen) atoms. The fourth-order valence-electron chi connectivity index (χ4n) is 2.52. The van der Waals surface area contributed by atoms with E-state index in [-0.39, 0.29) is 11.3 Å². The van der Waals surface area contributed by atoms with E-state index in [1.807, 2.05) is 32.6 Å². The van der Waals surface area contributed by atoms with E-state index in [9.17, 15) is 4.79 Å². The first-order valence-corrected chi connectivity index (χ1v) is 8.17. The molecule has 0 aliphatic carbocycles. The molecule has 5 heteroatoms. The minimum atomic E-state index is -0.277. The number of nitrogens with zero attached hydrogens (tertiary/aromatic N) is 3. The molecule has 4 nitrogen and oxygen atoms in total. The molecule has 1 fully saturated rings. The van der Waals surface area contributed by atoms with Crippen molar-refractivity contribution in [3.05, 3.63) is 16.1 Å². The summed E-state index contributed by atoms with van der Waals surface area (Å²) in [7, 11) is 0. The van der Waals surface area contributed by atoms with Crippen LogP contribution in [0.1, 0.15) is 37.9 Å². The van der Waals surface area contributed by atoms with Crippen LogP contribution >= 0.6 is 11.3 Å². The van der Waals surface area contributed by atoms with Gasteiger partial charge in [0.1, 0.15) is 0 Å². The largest absolute Gasteiger partial charge is 0.341 e. The maximum atomic E-state index is 12.3. The van der Waals surface area contributed by atoms with E-state index in [1.54, 1.807) is 11.3 Å². The van der Waals surface area contributed by atoms with Crippen LogP contribution in [-0.4, -0.2) is 46.9 Å². The van der Waals surface area contributed by atoms with Gasteiger partial charge in [-0.25, -0.2) is 4.98 Å². The van der Waals surface area contributed by atoms with Crippen molar-refractivity contribution in [1.29, 1.82) is 0 Å². The number of aromatic nitrogens is 1. The molecule has 1 amide bonds. The van der Waals surface area contributed by atoms with E-state index >= 15 is 0 Å². The molecule has 1 aliphatic heterocycles. The summed E-state index contributed by atoms with van der Waals surface area (Å²) in [6.07, 6.45) is 1.05. The fourth-order valence-corrected chi connectivity index (χ4v) is 3.12. The van der Waals surface area contributed by atoms with Crippen LogP contribution in [0, 0.1) is 12.3 Å². The maximum Gasteiger partial charge on any atom is 0.227 e. The smallest absolute Gasteiger partial charge is 0.227 e. The van der Waals surface area contributed by atoms with E-state index < -0.39 is 0 Å². The van der Waals surface area contributed by atoms with Crippen molar-refractivity contribution in [1.82, 2.24) is 14.8 Å². The summed E-state index contributed by atoms with van der Waals surface area (Å²) in [5.41, 5.74) is 0.879. The Morgan fingerprint density at radius 3 is 2.65 bits per heavy atom. The summed E-state index contributed by atoms with van der Waals surface area (Å²) in [5.74, 6) is 0.267. The van der Waals surface area contributed by atoms with Gasteiger partial charge < -0.3 is 4.90 Å². The van der Waals surface area contributed by atoms with Gasteiger partial charge in [-0.05, 0) is 13.3 Å². The number of hydrogen-bond donors (Lipinski definition) is 0. The summed E-state index contributed by atoms with van der Waals surface area (Å²) < 4.78 is 0. The molecule has 0 radical (unpaired) electrons. The van der Waals surface area contributed by atoms with Crippen molar-refractivity contribution < 1.29 is 4.79 Å². The number of rotatable bonds is 2. The first-order chi connectivity index (χ1) is 9.36. The lowest BCUT2D eigenvalue weighted by atomic mass is 9.94. The number of amides is 1. The second kappa shape index (κ2) is 6.22. The van der Waals surface area contributed by atoms with E-state index in [0.717, 1.165) is 49.8 Å². The zero-order valence-corrected chi connectivity index (χ0v) is 13.8. The number of aryl methyl sites for hydroxylation is 1. The van der Waals surface area contributed by atoms with Gasteiger partial charge in [0.25, 0.3) is 0 Å². The average molecular weight is 295 g/mol. The summed E-state index contributed by atoms with van der Waals surface area (Å²) in [6, 6.07) is 0. The molecule has 112 valence electrons. The molecule has 0 bridgehead atoms.